The molecule has 84 heavy (non-hydrogen) atoms. The van der Waals surface area contributed by atoms with Gasteiger partial charge in [0.1, 0.15) is 60.4 Å². The van der Waals surface area contributed by atoms with Crippen LogP contribution in [0.5, 0.6) is 0 Å². The Kier molecular flexibility index (Phi) is 31.4. The quantitative estimate of drug-likeness (QED) is 0.168. The number of likely N-dealkylation sites (N-methyl/N-ethyl adjacent to an activating group) is 7. The third-order valence-corrected chi connectivity index (χ3v) is 15.9. The second-order valence-corrected chi connectivity index (χ2v) is 26.0. The number of amides is 11. The molecule has 4 N–H and O–H groups in total. The number of rotatable bonds is 15. The summed E-state index contributed by atoms with van der Waals surface area (Å²) in [6.07, 6.45) is 5.43. The molecule has 0 aromatic rings. The van der Waals surface area contributed by atoms with Crippen molar-refractivity contribution in [1.29, 1.82) is 0 Å². The van der Waals surface area contributed by atoms with Gasteiger partial charge in [-0.1, -0.05) is 109 Å². The number of hydrogen-bond donors (Lipinski definition) is 4. The minimum absolute atomic E-state index is 0.110. The van der Waals surface area contributed by atoms with Gasteiger partial charge < -0.3 is 55.6 Å². The normalized spacial score (nSPS) is 26.7. The van der Waals surface area contributed by atoms with Gasteiger partial charge in [-0.2, -0.15) is 0 Å². The predicted octanol–water partition coefficient (Wildman–Crippen LogP) is 4.30. The Balaban J connectivity index is 4.27. The zero-order valence-corrected chi connectivity index (χ0v) is 55.7. The van der Waals surface area contributed by atoms with Crippen molar-refractivity contribution in [1.82, 2.24) is 55.6 Å². The Labute approximate surface area is 504 Å². The van der Waals surface area contributed by atoms with Crippen LogP contribution in [-0.4, -0.2) is 216 Å². The summed E-state index contributed by atoms with van der Waals surface area (Å²) >= 11 is 0. The summed E-state index contributed by atoms with van der Waals surface area (Å²) in [6, 6.07) is -11.4. The van der Waals surface area contributed by atoms with Gasteiger partial charge in [-0.05, 0) is 107 Å². The SMILES string of the molecule is C/C=C/C[C@@H](C)C[C@H]1C(=O)N[C@@H](CC)C(=O)N(C)CC(=O)N(C)[C@H](CC(C)C)C(=O)N[C@H](C(C)C)C(=O)N(C)[C@H](CC(C)C)C(=O)N[C@@H](C)C(=O)N[C@H](C)C(=O)N(C)[C@@H](CC(C)C)C(=O)N(C)[C@@H](CC(C)C)C(=O)N(C)[C@@H](C(C)C)C(=O)N1C. The van der Waals surface area contributed by atoms with Crippen LogP contribution in [0.3, 0.4) is 0 Å². The first-order chi connectivity index (χ1) is 38.8. The number of nitrogens with zero attached hydrogens (tertiary/aromatic N) is 7. The maximum atomic E-state index is 15.1. The third-order valence-electron chi connectivity index (χ3n) is 15.9. The highest BCUT2D eigenvalue weighted by Crippen LogP contribution is 2.25. The fourth-order valence-corrected chi connectivity index (χ4v) is 10.6. The standard InChI is InChI=1S/C62H111N11O11/c1-25-27-28-41(15)33-47-55(77)65-44(26-2)58(80)67(18)34-50(74)68(19)45(29-35(3)4)56(78)66-51(39(11)12)61(83)69(20)46(30-36(5)6)54(76)63-42(16)53(75)64-43(17)57(79)71(22)48(31-37(7)8)59(81)72(23)49(32-38(9)10)60(82)73(24)52(40(13)14)62(84)70(47)21/h25,27,35-49,51-52H,26,28-34H2,1-24H3,(H,63,76)(H,64,75)(H,65,77)(H,66,78)/b27-25+/t41-,42+,43-,44+,45-,46-,47+,48+,49+,51-,52+/m1/s1. The molecule has 1 saturated heterocycles. The fraction of sp³-hybridized carbons (Fsp3) is 0.790. The maximum Gasteiger partial charge on any atom is 0.246 e. The Morgan fingerprint density at radius 3 is 1.27 bits per heavy atom. The summed E-state index contributed by atoms with van der Waals surface area (Å²) < 4.78 is 0. The molecule has 0 saturated carbocycles. The van der Waals surface area contributed by atoms with E-state index >= 15 is 9.59 Å². The molecule has 0 aliphatic carbocycles. The van der Waals surface area contributed by atoms with Gasteiger partial charge in [-0.15, -0.1) is 0 Å². The summed E-state index contributed by atoms with van der Waals surface area (Å²) in [5.74, 6) is -8.30. The molecule has 0 unspecified atom stereocenters. The van der Waals surface area contributed by atoms with Gasteiger partial charge >= 0.3 is 0 Å². The van der Waals surface area contributed by atoms with E-state index in [2.05, 4.69) is 21.3 Å². The van der Waals surface area contributed by atoms with Crippen LogP contribution < -0.4 is 21.3 Å². The van der Waals surface area contributed by atoms with Crippen molar-refractivity contribution >= 4 is 65.0 Å². The Hall–Kier alpha value is -6.09. The lowest BCUT2D eigenvalue weighted by atomic mass is 9.93. The van der Waals surface area contributed by atoms with E-state index < -0.39 is 144 Å². The summed E-state index contributed by atoms with van der Waals surface area (Å²) in [5.41, 5.74) is 0. The number of hydrogen-bond acceptors (Lipinski definition) is 11. The molecule has 0 spiro atoms. The highest BCUT2D eigenvalue weighted by Gasteiger charge is 2.44. The van der Waals surface area contributed by atoms with Gasteiger partial charge in [0.25, 0.3) is 0 Å². The lowest BCUT2D eigenvalue weighted by molar-refractivity contribution is -0.156. The zero-order valence-electron chi connectivity index (χ0n) is 55.7. The van der Waals surface area contributed by atoms with Gasteiger partial charge in [-0.3, -0.25) is 52.7 Å². The van der Waals surface area contributed by atoms with Gasteiger partial charge in [0, 0.05) is 49.3 Å². The summed E-state index contributed by atoms with van der Waals surface area (Å²) in [7, 11) is 10.3. The molecule has 0 aromatic carbocycles. The van der Waals surface area contributed by atoms with E-state index in [0.29, 0.717) is 6.42 Å². The molecule has 480 valence electrons. The van der Waals surface area contributed by atoms with Crippen molar-refractivity contribution in [3.63, 3.8) is 0 Å². The molecule has 22 nitrogen and oxygen atoms in total. The Morgan fingerprint density at radius 2 is 0.821 bits per heavy atom. The molecular weight excluding hydrogens is 1070 g/mol. The minimum Gasteiger partial charge on any atom is -0.343 e. The van der Waals surface area contributed by atoms with E-state index in [9.17, 15) is 43.2 Å². The first-order valence-electron chi connectivity index (χ1n) is 30.5. The third kappa shape index (κ3) is 21.8. The Morgan fingerprint density at radius 1 is 0.429 bits per heavy atom. The van der Waals surface area contributed by atoms with Crippen molar-refractivity contribution in [3.8, 4) is 0 Å². The molecule has 11 atom stereocenters. The highest BCUT2D eigenvalue weighted by atomic mass is 16.2. The van der Waals surface area contributed by atoms with Crippen molar-refractivity contribution in [2.45, 2.75) is 223 Å². The van der Waals surface area contributed by atoms with Gasteiger partial charge in [0.05, 0.1) is 6.54 Å². The first kappa shape index (κ1) is 75.9. The first-order valence-corrected chi connectivity index (χ1v) is 30.5. The van der Waals surface area contributed by atoms with E-state index in [1.54, 1.807) is 34.6 Å². The molecule has 1 fully saturated rings. The van der Waals surface area contributed by atoms with Crippen molar-refractivity contribution in [3.05, 3.63) is 12.2 Å². The van der Waals surface area contributed by atoms with E-state index in [4.69, 9.17) is 0 Å². The van der Waals surface area contributed by atoms with E-state index in [1.165, 1.54) is 97.5 Å². The topological polar surface area (TPSA) is 259 Å². The van der Waals surface area contributed by atoms with Crippen molar-refractivity contribution in [2.75, 3.05) is 55.9 Å². The molecule has 0 radical (unpaired) electrons. The average Bonchev–Trinajstić information content (AvgIpc) is 2.64. The van der Waals surface area contributed by atoms with E-state index in [-0.39, 0.29) is 68.1 Å². The van der Waals surface area contributed by atoms with Gasteiger partial charge in [0.2, 0.25) is 65.0 Å². The minimum atomic E-state index is -1.21. The van der Waals surface area contributed by atoms with Crippen molar-refractivity contribution < 1.29 is 52.7 Å². The van der Waals surface area contributed by atoms with Gasteiger partial charge in [0.15, 0.2) is 0 Å². The van der Waals surface area contributed by atoms with Crippen LogP contribution in [0.1, 0.15) is 163 Å². The Bertz CT molecular complexity index is 2290. The molecule has 1 aliphatic rings. The summed E-state index contributed by atoms with van der Waals surface area (Å²) in [6.45, 7) is 30.1. The van der Waals surface area contributed by atoms with Crippen LogP contribution in [0.25, 0.3) is 0 Å². The van der Waals surface area contributed by atoms with Crippen molar-refractivity contribution in [2.24, 2.45) is 41.4 Å². The molecule has 1 rings (SSSR count). The van der Waals surface area contributed by atoms with Crippen LogP contribution in [0.15, 0.2) is 12.2 Å². The molecule has 11 amide bonds. The van der Waals surface area contributed by atoms with Crippen LogP contribution in [-0.2, 0) is 52.7 Å². The molecule has 1 heterocycles. The molecule has 0 bridgehead atoms. The van der Waals surface area contributed by atoms with Crippen LogP contribution in [0, 0.1) is 41.4 Å². The van der Waals surface area contributed by atoms with Crippen LogP contribution in [0.4, 0.5) is 0 Å². The van der Waals surface area contributed by atoms with Crippen LogP contribution in [0.2, 0.25) is 0 Å². The zero-order chi connectivity index (χ0) is 65.1. The molecule has 1 aliphatic heterocycles. The average molecular weight is 1190 g/mol. The van der Waals surface area contributed by atoms with Crippen LogP contribution >= 0.6 is 0 Å². The number of nitrogens with one attached hydrogen (secondary N) is 4. The monoisotopic (exact) mass is 1190 g/mol. The highest BCUT2D eigenvalue weighted by molar-refractivity contribution is 5.99. The number of carbonyl (C=O) groups excluding carboxylic acids is 11. The van der Waals surface area contributed by atoms with Gasteiger partial charge in [-0.25, -0.2) is 0 Å². The lowest BCUT2D eigenvalue weighted by Crippen LogP contribution is -2.61. The second-order valence-electron chi connectivity index (χ2n) is 26.0. The lowest BCUT2D eigenvalue weighted by Gasteiger charge is -2.41. The molecular formula is C62H111N11O11. The summed E-state index contributed by atoms with van der Waals surface area (Å²) in [4.78, 5) is 169. The number of allylic oxidation sites excluding steroid dienone is 2. The molecule has 0 aromatic heterocycles. The molecule has 22 heteroatoms. The smallest absolute Gasteiger partial charge is 0.246 e. The second kappa shape index (κ2) is 34.8. The van der Waals surface area contributed by atoms with E-state index in [1.807, 2.05) is 81.4 Å². The fourth-order valence-electron chi connectivity index (χ4n) is 10.6. The van der Waals surface area contributed by atoms with E-state index in [0.717, 1.165) is 0 Å². The largest absolute Gasteiger partial charge is 0.343 e. The maximum absolute atomic E-state index is 15.1. The number of carbonyl (C=O) groups is 11. The predicted molar refractivity (Wildman–Crippen MR) is 327 cm³/mol. The summed E-state index contributed by atoms with van der Waals surface area (Å²) in [5, 5.41) is 11.1.